The molecule has 1 saturated heterocycles. The number of hydrogen-bond donors (Lipinski definition) is 2. The quantitative estimate of drug-likeness (QED) is 0.492. The molecule has 1 aromatic heterocycles. The van der Waals surface area contributed by atoms with E-state index in [1.807, 2.05) is 6.07 Å². The van der Waals surface area contributed by atoms with Crippen LogP contribution in [0.2, 0.25) is 5.15 Å². The van der Waals surface area contributed by atoms with Gasteiger partial charge in [0, 0.05) is 37.9 Å². The zero-order valence-electron chi connectivity index (χ0n) is 14.5. The largest absolute Gasteiger partial charge is 0.357 e. The molecule has 0 saturated carbocycles. The second-order valence-electron chi connectivity index (χ2n) is 6.46. The summed E-state index contributed by atoms with van der Waals surface area (Å²) in [5, 5.41) is 7.42. The van der Waals surface area contributed by atoms with Gasteiger partial charge < -0.3 is 10.6 Å². The maximum absolute atomic E-state index is 5.82. The number of guanidine groups is 1. The van der Waals surface area contributed by atoms with Crippen molar-refractivity contribution in [1.82, 2.24) is 20.5 Å². The lowest BCUT2D eigenvalue weighted by Crippen LogP contribution is -2.46. The Morgan fingerprint density at radius 3 is 2.78 bits per heavy atom. The summed E-state index contributed by atoms with van der Waals surface area (Å²) in [6.07, 6.45) is 1.77. The Hall–Kier alpha value is -1.33. The molecule has 6 heteroatoms. The van der Waals surface area contributed by atoms with Crippen molar-refractivity contribution in [1.29, 1.82) is 0 Å². The van der Waals surface area contributed by atoms with Crippen LogP contribution in [-0.2, 0) is 6.54 Å². The molecule has 0 amide bonds. The van der Waals surface area contributed by atoms with Crippen LogP contribution in [-0.4, -0.2) is 47.6 Å². The van der Waals surface area contributed by atoms with Crippen molar-refractivity contribution in [2.75, 3.05) is 19.6 Å². The van der Waals surface area contributed by atoms with Crippen molar-refractivity contribution < 1.29 is 0 Å². The van der Waals surface area contributed by atoms with Gasteiger partial charge in [0.25, 0.3) is 0 Å². The van der Waals surface area contributed by atoms with E-state index in [1.165, 1.54) is 0 Å². The molecule has 0 aliphatic carbocycles. The van der Waals surface area contributed by atoms with Gasteiger partial charge in [-0.15, -0.1) is 0 Å². The molecular weight excluding hydrogens is 310 g/mol. The first-order chi connectivity index (χ1) is 11.0. The van der Waals surface area contributed by atoms with Gasteiger partial charge in [-0.25, -0.2) is 9.98 Å². The molecule has 2 rings (SSSR count). The summed E-state index contributed by atoms with van der Waals surface area (Å²) in [4.78, 5) is 11.3. The summed E-state index contributed by atoms with van der Waals surface area (Å²) in [5.74, 6) is 1.48. The lowest BCUT2D eigenvalue weighted by molar-refractivity contribution is 0.265. The predicted octanol–water partition coefficient (Wildman–Crippen LogP) is 2.52. The number of pyridine rings is 1. The molecule has 1 aliphatic rings. The average Bonchev–Trinajstić information content (AvgIpc) is 2.88. The van der Waals surface area contributed by atoms with Crippen LogP contribution >= 0.6 is 11.6 Å². The Labute approximate surface area is 144 Å². The van der Waals surface area contributed by atoms with Crippen LogP contribution in [0, 0.1) is 5.92 Å². The number of rotatable bonds is 5. The Bertz CT molecular complexity index is 514. The maximum Gasteiger partial charge on any atom is 0.191 e. The van der Waals surface area contributed by atoms with E-state index in [0.29, 0.717) is 29.7 Å². The first-order valence-electron chi connectivity index (χ1n) is 8.39. The molecule has 0 aromatic carbocycles. The predicted molar refractivity (Wildman–Crippen MR) is 96.9 cm³/mol. The Kier molecular flexibility index (Phi) is 6.66. The van der Waals surface area contributed by atoms with E-state index >= 15 is 0 Å². The third-order valence-electron chi connectivity index (χ3n) is 4.25. The zero-order valence-corrected chi connectivity index (χ0v) is 15.3. The van der Waals surface area contributed by atoms with Crippen molar-refractivity contribution in [3.8, 4) is 0 Å². The molecule has 2 unspecified atom stereocenters. The highest BCUT2D eigenvalue weighted by Crippen LogP contribution is 2.18. The smallest absolute Gasteiger partial charge is 0.191 e. The molecule has 128 valence electrons. The number of nitrogens with one attached hydrogen (secondary N) is 2. The van der Waals surface area contributed by atoms with Crippen LogP contribution in [0.15, 0.2) is 23.3 Å². The van der Waals surface area contributed by atoms with Crippen LogP contribution in [0.25, 0.3) is 0 Å². The highest BCUT2D eigenvalue weighted by molar-refractivity contribution is 6.29. The highest BCUT2D eigenvalue weighted by Gasteiger charge is 2.31. The molecule has 1 aromatic rings. The summed E-state index contributed by atoms with van der Waals surface area (Å²) in [7, 11) is 0. The van der Waals surface area contributed by atoms with Gasteiger partial charge in [-0.2, -0.15) is 0 Å². The van der Waals surface area contributed by atoms with Crippen molar-refractivity contribution in [2.45, 2.75) is 46.3 Å². The van der Waals surface area contributed by atoms with Gasteiger partial charge >= 0.3 is 0 Å². The topological polar surface area (TPSA) is 52.6 Å². The van der Waals surface area contributed by atoms with Crippen LogP contribution in [0.4, 0.5) is 0 Å². The summed E-state index contributed by atoms with van der Waals surface area (Å²) in [5.41, 5.74) is 1.05. The molecule has 1 fully saturated rings. The fourth-order valence-corrected chi connectivity index (χ4v) is 2.89. The van der Waals surface area contributed by atoms with Gasteiger partial charge in [0.05, 0.1) is 6.54 Å². The van der Waals surface area contributed by atoms with Crippen molar-refractivity contribution >= 4 is 17.6 Å². The number of nitrogens with zero attached hydrogens (tertiary/aromatic N) is 3. The molecule has 5 nitrogen and oxygen atoms in total. The first kappa shape index (κ1) is 18.0. The van der Waals surface area contributed by atoms with Gasteiger partial charge in [0.2, 0.25) is 0 Å². The van der Waals surface area contributed by atoms with E-state index in [2.05, 4.69) is 53.2 Å². The molecule has 23 heavy (non-hydrogen) atoms. The van der Waals surface area contributed by atoms with Crippen LogP contribution in [0.5, 0.6) is 0 Å². The summed E-state index contributed by atoms with van der Waals surface area (Å²) in [6.45, 7) is 12.5. The van der Waals surface area contributed by atoms with E-state index in [4.69, 9.17) is 11.6 Å². The SMILES string of the molecule is CCNC(=NCc1ccc(Cl)nc1)NC1CN(C(C)C)CC1C. The van der Waals surface area contributed by atoms with Gasteiger partial charge in [-0.05, 0) is 38.3 Å². The zero-order chi connectivity index (χ0) is 16.8. The minimum Gasteiger partial charge on any atom is -0.357 e. The lowest BCUT2D eigenvalue weighted by Gasteiger charge is -2.21. The molecule has 0 spiro atoms. The summed E-state index contributed by atoms with van der Waals surface area (Å²) < 4.78 is 0. The third-order valence-corrected chi connectivity index (χ3v) is 4.47. The molecule has 0 radical (unpaired) electrons. The fraction of sp³-hybridized carbons (Fsp3) is 0.647. The minimum atomic E-state index is 0.429. The monoisotopic (exact) mass is 337 g/mol. The number of halogens is 1. The average molecular weight is 338 g/mol. The van der Waals surface area contributed by atoms with Crippen LogP contribution in [0.3, 0.4) is 0 Å². The first-order valence-corrected chi connectivity index (χ1v) is 8.76. The van der Waals surface area contributed by atoms with Crippen molar-refractivity contribution in [2.24, 2.45) is 10.9 Å². The number of aromatic nitrogens is 1. The summed E-state index contributed by atoms with van der Waals surface area (Å²) >= 11 is 5.82. The van der Waals surface area contributed by atoms with E-state index in [0.717, 1.165) is 31.2 Å². The molecule has 2 N–H and O–H groups in total. The van der Waals surface area contributed by atoms with Gasteiger partial charge in [0.15, 0.2) is 5.96 Å². The van der Waals surface area contributed by atoms with E-state index in [9.17, 15) is 0 Å². The lowest BCUT2D eigenvalue weighted by atomic mass is 10.1. The van der Waals surface area contributed by atoms with Gasteiger partial charge in [-0.1, -0.05) is 24.6 Å². The Morgan fingerprint density at radius 1 is 1.43 bits per heavy atom. The molecule has 1 aliphatic heterocycles. The number of hydrogen-bond acceptors (Lipinski definition) is 3. The standard InChI is InChI=1S/C17H28ClN5/c1-5-19-17(21-9-14-6-7-16(18)20-8-14)22-15-11-23(12(2)3)10-13(15)4/h6-8,12-13,15H,5,9-11H2,1-4H3,(H2,19,21,22). The minimum absolute atomic E-state index is 0.429. The Morgan fingerprint density at radius 2 is 2.22 bits per heavy atom. The normalized spacial score (nSPS) is 22.6. The van der Waals surface area contributed by atoms with Gasteiger partial charge in [0.1, 0.15) is 5.15 Å². The third kappa shape index (κ3) is 5.36. The molecule has 0 bridgehead atoms. The molecule has 2 atom stereocenters. The highest BCUT2D eigenvalue weighted by atomic mass is 35.5. The second-order valence-corrected chi connectivity index (χ2v) is 6.85. The second kappa shape index (κ2) is 8.50. The summed E-state index contributed by atoms with van der Waals surface area (Å²) in [6, 6.07) is 4.77. The van der Waals surface area contributed by atoms with E-state index in [1.54, 1.807) is 12.3 Å². The van der Waals surface area contributed by atoms with Gasteiger partial charge in [-0.3, -0.25) is 4.90 Å². The van der Waals surface area contributed by atoms with E-state index < -0.39 is 0 Å². The number of aliphatic imine (C=N–C) groups is 1. The fourth-order valence-electron chi connectivity index (χ4n) is 2.78. The number of likely N-dealkylation sites (tertiary alicyclic amines) is 1. The van der Waals surface area contributed by atoms with Crippen LogP contribution < -0.4 is 10.6 Å². The molecular formula is C17H28ClN5. The maximum atomic E-state index is 5.82. The Balaban J connectivity index is 1.97. The molecule has 2 heterocycles. The van der Waals surface area contributed by atoms with Crippen molar-refractivity contribution in [3.05, 3.63) is 29.0 Å². The van der Waals surface area contributed by atoms with E-state index in [-0.39, 0.29) is 0 Å². The van der Waals surface area contributed by atoms with Crippen molar-refractivity contribution in [3.63, 3.8) is 0 Å². The van der Waals surface area contributed by atoms with Crippen LogP contribution in [0.1, 0.15) is 33.3 Å².